The minimum Gasteiger partial charge on any atom is -0.481 e. The highest BCUT2D eigenvalue weighted by Gasteiger charge is 2.52. The van der Waals surface area contributed by atoms with Gasteiger partial charge >= 0.3 is 5.97 Å². The first kappa shape index (κ1) is 12.4. The molecule has 88 valence electrons. The van der Waals surface area contributed by atoms with Crippen molar-refractivity contribution < 1.29 is 27.1 Å². The second-order valence-electron chi connectivity index (χ2n) is 4.17. The van der Waals surface area contributed by atoms with E-state index in [0.717, 1.165) is 0 Å². The Morgan fingerprint density at radius 1 is 1.53 bits per heavy atom. The van der Waals surface area contributed by atoms with Crippen LogP contribution >= 0.6 is 0 Å². The van der Waals surface area contributed by atoms with E-state index in [9.17, 15) is 22.0 Å². The van der Waals surface area contributed by atoms with E-state index in [1.54, 1.807) is 0 Å². The Bertz CT molecular complexity index is 371. The lowest BCUT2D eigenvalue weighted by molar-refractivity contribution is -0.152. The first-order valence-electron chi connectivity index (χ1n) is 4.38. The highest BCUT2D eigenvalue weighted by atomic mass is 32.2. The molecule has 1 saturated heterocycles. The summed E-state index contributed by atoms with van der Waals surface area (Å²) in [5.41, 5.74) is -1.81. The highest BCUT2D eigenvalue weighted by Crippen LogP contribution is 2.41. The van der Waals surface area contributed by atoms with E-state index in [4.69, 9.17) is 5.11 Å². The summed E-state index contributed by atoms with van der Waals surface area (Å²) in [6.45, 7) is 0.600. The largest absolute Gasteiger partial charge is 0.481 e. The third kappa shape index (κ3) is 2.87. The molecule has 0 aromatic heterocycles. The van der Waals surface area contributed by atoms with Gasteiger partial charge in [0.25, 0.3) is 0 Å². The summed E-state index contributed by atoms with van der Waals surface area (Å²) in [6, 6.07) is 0. The second kappa shape index (κ2) is 3.40. The smallest absolute Gasteiger partial charge is 0.310 e. The lowest BCUT2D eigenvalue weighted by Crippen LogP contribution is -2.37. The van der Waals surface area contributed by atoms with Gasteiger partial charge in [-0.3, -0.25) is 4.79 Å². The monoisotopic (exact) mass is 242 g/mol. The summed E-state index contributed by atoms with van der Waals surface area (Å²) in [6.07, 6.45) is -1.15. The van der Waals surface area contributed by atoms with Gasteiger partial charge in [-0.25, -0.2) is 17.2 Å². The Morgan fingerprint density at radius 2 is 2.07 bits per heavy atom. The van der Waals surface area contributed by atoms with Gasteiger partial charge in [0.1, 0.15) is 0 Å². The Hall–Kier alpha value is -0.720. The van der Waals surface area contributed by atoms with Crippen molar-refractivity contribution in [2.24, 2.45) is 5.41 Å². The summed E-state index contributed by atoms with van der Waals surface area (Å²) in [4.78, 5) is 10.9. The summed E-state index contributed by atoms with van der Waals surface area (Å²) < 4.78 is 47.8. The van der Waals surface area contributed by atoms with Crippen LogP contribution in [0.5, 0.6) is 0 Å². The Balaban J connectivity index is 2.98. The van der Waals surface area contributed by atoms with Gasteiger partial charge in [0.2, 0.25) is 5.92 Å². The van der Waals surface area contributed by atoms with Crippen LogP contribution in [-0.4, -0.2) is 36.9 Å². The lowest BCUT2D eigenvalue weighted by Gasteiger charge is -2.25. The zero-order valence-electron chi connectivity index (χ0n) is 8.16. The Morgan fingerprint density at radius 3 is 2.33 bits per heavy atom. The van der Waals surface area contributed by atoms with E-state index >= 15 is 0 Å². The normalized spacial score (nSPS) is 30.3. The number of rotatable bonds is 3. The van der Waals surface area contributed by atoms with Crippen molar-refractivity contribution in [2.45, 2.75) is 25.7 Å². The van der Waals surface area contributed by atoms with Gasteiger partial charge in [-0.05, 0) is 13.3 Å². The molecular weight excluding hydrogens is 230 g/mol. The molecule has 15 heavy (non-hydrogen) atoms. The molecule has 0 spiro atoms. The van der Waals surface area contributed by atoms with E-state index in [-0.39, 0.29) is 12.2 Å². The average Bonchev–Trinajstić information content (AvgIpc) is 2.23. The zero-order valence-corrected chi connectivity index (χ0v) is 8.98. The minimum absolute atomic E-state index is 0.228. The molecule has 1 atom stereocenters. The van der Waals surface area contributed by atoms with Crippen LogP contribution in [0.15, 0.2) is 0 Å². The predicted molar refractivity (Wildman–Crippen MR) is 48.6 cm³/mol. The number of hydrogen-bond donors (Lipinski definition) is 1. The molecule has 1 N–H and O–H groups in total. The number of aliphatic carboxylic acids is 1. The van der Waals surface area contributed by atoms with Crippen LogP contribution in [0.1, 0.15) is 19.8 Å². The van der Waals surface area contributed by atoms with Gasteiger partial charge in [0.15, 0.2) is 9.84 Å². The second-order valence-corrected chi connectivity index (χ2v) is 6.36. The van der Waals surface area contributed by atoms with Crippen molar-refractivity contribution >= 4 is 15.8 Å². The molecule has 0 aromatic carbocycles. The van der Waals surface area contributed by atoms with Crippen LogP contribution in [0.3, 0.4) is 0 Å². The molecule has 1 unspecified atom stereocenters. The van der Waals surface area contributed by atoms with Crippen LogP contribution in [0.4, 0.5) is 8.78 Å². The third-order valence-corrected chi connectivity index (χ3v) is 4.31. The van der Waals surface area contributed by atoms with Gasteiger partial charge in [-0.2, -0.15) is 0 Å². The minimum atomic E-state index is -3.49. The van der Waals surface area contributed by atoms with Gasteiger partial charge < -0.3 is 5.11 Å². The van der Waals surface area contributed by atoms with Crippen LogP contribution in [-0.2, 0) is 14.6 Å². The number of carboxylic acids is 1. The molecule has 0 radical (unpaired) electrons. The van der Waals surface area contributed by atoms with Crippen LogP contribution in [0.2, 0.25) is 0 Å². The summed E-state index contributed by atoms with van der Waals surface area (Å²) in [5.74, 6) is -5.63. The number of alkyl halides is 2. The van der Waals surface area contributed by atoms with Crippen LogP contribution in [0.25, 0.3) is 0 Å². The quantitative estimate of drug-likeness (QED) is 0.798. The van der Waals surface area contributed by atoms with E-state index in [0.29, 0.717) is 6.92 Å². The van der Waals surface area contributed by atoms with Gasteiger partial charge in [0, 0.05) is 6.42 Å². The van der Waals surface area contributed by atoms with E-state index in [2.05, 4.69) is 0 Å². The van der Waals surface area contributed by atoms with Gasteiger partial charge in [0.05, 0.1) is 16.9 Å². The number of carbonyl (C=O) groups is 1. The molecule has 1 aliphatic heterocycles. The molecular formula is C8H12F2O4S. The molecule has 4 nitrogen and oxygen atoms in total. The number of carboxylic acid groups (broad SMARTS) is 1. The lowest BCUT2D eigenvalue weighted by atomic mass is 9.82. The topological polar surface area (TPSA) is 71.4 Å². The first-order chi connectivity index (χ1) is 6.56. The summed E-state index contributed by atoms with van der Waals surface area (Å²) in [7, 11) is -3.49. The van der Waals surface area contributed by atoms with Crippen LogP contribution in [0, 0.1) is 5.41 Å². The SMILES string of the molecule is CC(F)(F)CC1(C(=O)O)CCS(=O)(=O)C1. The molecule has 1 heterocycles. The van der Waals surface area contributed by atoms with Crippen LogP contribution < -0.4 is 0 Å². The molecule has 0 aromatic rings. The maximum atomic E-state index is 12.8. The predicted octanol–water partition coefficient (Wildman–Crippen LogP) is 0.921. The fourth-order valence-electron chi connectivity index (χ4n) is 1.89. The first-order valence-corrected chi connectivity index (χ1v) is 6.20. The van der Waals surface area contributed by atoms with Crippen molar-refractivity contribution in [2.75, 3.05) is 11.5 Å². The maximum Gasteiger partial charge on any atom is 0.310 e. The molecule has 0 amide bonds. The molecule has 1 aliphatic rings. The number of halogens is 2. The van der Waals surface area contributed by atoms with E-state index in [1.165, 1.54) is 0 Å². The zero-order chi connectivity index (χ0) is 11.9. The molecule has 0 saturated carbocycles. The number of sulfone groups is 1. The average molecular weight is 242 g/mol. The fourth-order valence-corrected chi connectivity index (χ4v) is 3.95. The van der Waals surface area contributed by atoms with Crippen molar-refractivity contribution in [3.8, 4) is 0 Å². The maximum absolute atomic E-state index is 12.8. The third-order valence-electron chi connectivity index (χ3n) is 2.49. The van der Waals surface area contributed by atoms with Gasteiger partial charge in [-0.1, -0.05) is 0 Å². The number of hydrogen-bond acceptors (Lipinski definition) is 3. The van der Waals surface area contributed by atoms with E-state index < -0.39 is 39.3 Å². The molecule has 1 rings (SSSR count). The standard InChI is InChI=1S/C8H12F2O4S/c1-7(9,10)4-8(6(11)12)2-3-15(13,14)5-8/h2-5H2,1H3,(H,11,12). The molecule has 7 heteroatoms. The summed E-state index contributed by atoms with van der Waals surface area (Å²) in [5, 5.41) is 8.86. The fraction of sp³-hybridized carbons (Fsp3) is 0.875. The Labute approximate surface area is 86.2 Å². The molecule has 0 aliphatic carbocycles. The van der Waals surface area contributed by atoms with Gasteiger partial charge in [-0.15, -0.1) is 0 Å². The van der Waals surface area contributed by atoms with Crippen molar-refractivity contribution in [3.63, 3.8) is 0 Å². The van der Waals surface area contributed by atoms with E-state index in [1.807, 2.05) is 0 Å². The van der Waals surface area contributed by atoms with Crippen molar-refractivity contribution in [1.82, 2.24) is 0 Å². The summed E-state index contributed by atoms with van der Waals surface area (Å²) >= 11 is 0. The highest BCUT2D eigenvalue weighted by molar-refractivity contribution is 7.91. The molecule has 1 fully saturated rings. The van der Waals surface area contributed by atoms with Crippen molar-refractivity contribution in [3.05, 3.63) is 0 Å². The Kier molecular flexibility index (Phi) is 2.80. The molecule has 0 bridgehead atoms. The van der Waals surface area contributed by atoms with Crippen molar-refractivity contribution in [1.29, 1.82) is 0 Å².